The second-order valence-corrected chi connectivity index (χ2v) is 16.7. The summed E-state index contributed by atoms with van der Waals surface area (Å²) in [6.45, 7) is 13.7. The van der Waals surface area contributed by atoms with Crippen molar-refractivity contribution in [2.24, 2.45) is 0 Å². The largest absolute Gasteiger partial charge is 0.455 e. The van der Waals surface area contributed by atoms with Crippen LogP contribution in [-0.2, 0) is 5.41 Å². The van der Waals surface area contributed by atoms with Gasteiger partial charge in [0.25, 0.3) is 0 Å². The van der Waals surface area contributed by atoms with Crippen molar-refractivity contribution in [2.75, 3.05) is 0 Å². The van der Waals surface area contributed by atoms with E-state index in [9.17, 15) is 0 Å². The Kier molecular flexibility index (Phi) is 4.99. The minimum absolute atomic E-state index is 0.134. The van der Waals surface area contributed by atoms with Crippen molar-refractivity contribution in [2.45, 2.75) is 45.8 Å². The summed E-state index contributed by atoms with van der Waals surface area (Å²) in [5.41, 5.74) is 6.70. The zero-order chi connectivity index (χ0) is 25.2. The first-order valence-corrected chi connectivity index (χ1v) is 16.0. The van der Waals surface area contributed by atoms with Gasteiger partial charge in [0.05, 0.1) is 24.8 Å². The van der Waals surface area contributed by atoms with E-state index in [0.717, 1.165) is 55.7 Å². The molecule has 0 spiro atoms. The maximum Gasteiger partial charge on any atom is 0.149 e. The van der Waals surface area contributed by atoms with E-state index in [-0.39, 0.29) is 5.41 Å². The topological polar surface area (TPSA) is 43.9 Å². The van der Waals surface area contributed by atoms with Gasteiger partial charge >= 0.3 is 0 Å². The summed E-state index contributed by atoms with van der Waals surface area (Å²) in [5, 5.41) is 3.66. The molecule has 0 saturated carbocycles. The lowest BCUT2D eigenvalue weighted by Crippen LogP contribution is -2.37. The molecule has 180 valence electrons. The third kappa shape index (κ3) is 3.57. The normalized spacial score (nSPS) is 12.7. The van der Waals surface area contributed by atoms with Gasteiger partial charge < -0.3 is 4.42 Å². The molecule has 3 heterocycles. The number of benzene rings is 3. The standard InChI is InChI=1S/C31H31N3OSi/c1-31(2,3)29-27-25(17-18-32-29)34(20-11-8-7-9-12-20)30(33-27)24-14-10-13-23-22-16-15-21(36(4,5)6)19-26(22)35-28(23)24/h7-19H,1-6H3. The van der Waals surface area contributed by atoms with E-state index in [4.69, 9.17) is 14.4 Å². The highest BCUT2D eigenvalue weighted by Crippen LogP contribution is 2.39. The minimum Gasteiger partial charge on any atom is -0.455 e. The van der Waals surface area contributed by atoms with Gasteiger partial charge in [-0.05, 0) is 30.3 Å². The Morgan fingerprint density at radius 2 is 1.61 bits per heavy atom. The average molecular weight is 490 g/mol. The van der Waals surface area contributed by atoms with Crippen LogP contribution in [0.15, 0.2) is 83.4 Å². The average Bonchev–Trinajstić information content (AvgIpc) is 3.41. The molecule has 0 bridgehead atoms. The van der Waals surface area contributed by atoms with Crippen LogP contribution in [0, 0.1) is 0 Å². The van der Waals surface area contributed by atoms with Crippen LogP contribution in [0.4, 0.5) is 0 Å². The lowest BCUT2D eigenvalue weighted by atomic mass is 9.91. The van der Waals surface area contributed by atoms with Crippen molar-refractivity contribution in [3.8, 4) is 17.1 Å². The maximum absolute atomic E-state index is 6.61. The third-order valence-corrected chi connectivity index (χ3v) is 8.95. The number of hydrogen-bond acceptors (Lipinski definition) is 3. The first kappa shape index (κ1) is 22.7. The van der Waals surface area contributed by atoms with Crippen molar-refractivity contribution < 1.29 is 4.42 Å². The molecule has 0 atom stereocenters. The molecule has 0 unspecified atom stereocenters. The summed E-state index contributed by atoms with van der Waals surface area (Å²) in [4.78, 5) is 10.0. The Hall–Kier alpha value is -3.70. The van der Waals surface area contributed by atoms with Crippen molar-refractivity contribution in [1.82, 2.24) is 14.5 Å². The van der Waals surface area contributed by atoms with Gasteiger partial charge in [-0.2, -0.15) is 0 Å². The summed E-state index contributed by atoms with van der Waals surface area (Å²) < 4.78 is 8.85. The fraction of sp³-hybridized carbons (Fsp3) is 0.226. The molecule has 3 aromatic heterocycles. The quantitative estimate of drug-likeness (QED) is 0.238. The highest BCUT2D eigenvalue weighted by Gasteiger charge is 2.26. The molecule has 6 aromatic rings. The molecule has 5 heteroatoms. The summed E-state index contributed by atoms with van der Waals surface area (Å²) in [6, 6.07) is 25.6. The SMILES string of the molecule is CC(C)(C)c1nccc2c1nc(-c1cccc3c1oc1cc([Si](C)(C)C)ccc13)n2-c1ccccc1. The molecular formula is C31H31N3OSi. The molecule has 0 amide bonds. The van der Waals surface area contributed by atoms with Gasteiger partial charge in [0.1, 0.15) is 22.5 Å². The summed E-state index contributed by atoms with van der Waals surface area (Å²) in [6.07, 6.45) is 1.90. The number of nitrogens with zero attached hydrogens (tertiary/aromatic N) is 3. The molecule has 0 saturated heterocycles. The van der Waals surface area contributed by atoms with Gasteiger partial charge in [0, 0.05) is 28.1 Å². The van der Waals surface area contributed by atoms with Gasteiger partial charge in [0.15, 0.2) is 0 Å². The fourth-order valence-electron chi connectivity index (χ4n) is 5.01. The molecular weight excluding hydrogens is 458 g/mol. The summed E-state index contributed by atoms with van der Waals surface area (Å²) in [7, 11) is -1.46. The molecule has 0 aliphatic heterocycles. The summed E-state index contributed by atoms with van der Waals surface area (Å²) >= 11 is 0. The van der Waals surface area contributed by atoms with Gasteiger partial charge in [-0.1, -0.05) is 88.1 Å². The number of hydrogen-bond donors (Lipinski definition) is 0. The lowest BCUT2D eigenvalue weighted by Gasteiger charge is -2.17. The first-order chi connectivity index (χ1) is 17.1. The van der Waals surface area contributed by atoms with Crippen LogP contribution < -0.4 is 5.19 Å². The van der Waals surface area contributed by atoms with Crippen LogP contribution in [0.25, 0.3) is 50.0 Å². The van der Waals surface area contributed by atoms with Crippen molar-refractivity contribution in [1.29, 1.82) is 0 Å². The predicted octanol–water partition coefficient (Wildman–Crippen LogP) is 7.83. The smallest absolute Gasteiger partial charge is 0.149 e. The van der Waals surface area contributed by atoms with Crippen LogP contribution in [-0.4, -0.2) is 22.6 Å². The zero-order valence-corrected chi connectivity index (χ0v) is 22.8. The fourth-order valence-corrected chi connectivity index (χ4v) is 6.16. The maximum atomic E-state index is 6.61. The van der Waals surface area contributed by atoms with E-state index in [1.54, 1.807) is 0 Å². The molecule has 0 N–H and O–H groups in total. The van der Waals surface area contributed by atoms with Crippen LogP contribution in [0.2, 0.25) is 19.6 Å². The molecule has 0 aliphatic carbocycles. The summed E-state index contributed by atoms with van der Waals surface area (Å²) in [5.74, 6) is 0.866. The number of para-hydroxylation sites is 2. The number of rotatable bonds is 3. The Bertz CT molecular complexity index is 1750. The van der Waals surface area contributed by atoms with Crippen LogP contribution >= 0.6 is 0 Å². The van der Waals surface area contributed by atoms with Gasteiger partial charge in [-0.15, -0.1) is 0 Å². The molecule has 36 heavy (non-hydrogen) atoms. The molecule has 0 radical (unpaired) electrons. The molecule has 4 nitrogen and oxygen atoms in total. The van der Waals surface area contributed by atoms with Crippen molar-refractivity contribution >= 4 is 46.2 Å². The zero-order valence-electron chi connectivity index (χ0n) is 21.8. The molecule has 3 aromatic carbocycles. The second kappa shape index (κ2) is 7.90. The van der Waals surface area contributed by atoms with Crippen LogP contribution in [0.3, 0.4) is 0 Å². The minimum atomic E-state index is -1.46. The first-order valence-electron chi connectivity index (χ1n) is 12.5. The van der Waals surface area contributed by atoms with Gasteiger partial charge in [-0.25, -0.2) is 4.98 Å². The highest BCUT2D eigenvalue weighted by molar-refractivity contribution is 6.88. The Balaban J connectivity index is 1.70. The third-order valence-electron chi connectivity index (χ3n) is 6.90. The number of imidazole rings is 1. The predicted molar refractivity (Wildman–Crippen MR) is 153 cm³/mol. The van der Waals surface area contributed by atoms with E-state index in [1.807, 2.05) is 12.3 Å². The number of pyridine rings is 1. The van der Waals surface area contributed by atoms with E-state index >= 15 is 0 Å². The second-order valence-electron chi connectivity index (χ2n) is 11.6. The van der Waals surface area contributed by atoms with E-state index < -0.39 is 8.07 Å². The van der Waals surface area contributed by atoms with E-state index in [0.29, 0.717) is 0 Å². The van der Waals surface area contributed by atoms with Crippen LogP contribution in [0.5, 0.6) is 0 Å². The van der Waals surface area contributed by atoms with E-state index in [2.05, 4.69) is 112 Å². The molecule has 0 fully saturated rings. The Labute approximate surface area is 212 Å². The monoisotopic (exact) mass is 489 g/mol. The van der Waals surface area contributed by atoms with Gasteiger partial charge in [0.2, 0.25) is 0 Å². The Morgan fingerprint density at radius 1 is 0.833 bits per heavy atom. The number of fused-ring (bicyclic) bond motifs is 4. The lowest BCUT2D eigenvalue weighted by molar-refractivity contribution is 0.574. The Morgan fingerprint density at radius 3 is 2.33 bits per heavy atom. The van der Waals surface area contributed by atoms with Crippen molar-refractivity contribution in [3.63, 3.8) is 0 Å². The number of aromatic nitrogens is 3. The molecule has 6 rings (SSSR count). The highest BCUT2D eigenvalue weighted by atomic mass is 28.3. The molecule has 0 aliphatic rings. The van der Waals surface area contributed by atoms with Crippen LogP contribution in [0.1, 0.15) is 26.5 Å². The van der Waals surface area contributed by atoms with Crippen molar-refractivity contribution in [3.05, 3.63) is 84.7 Å². The number of furan rings is 1. The van der Waals surface area contributed by atoms with Gasteiger partial charge in [-0.3, -0.25) is 9.55 Å². The van der Waals surface area contributed by atoms with E-state index in [1.165, 1.54) is 5.19 Å².